The van der Waals surface area contributed by atoms with E-state index >= 15 is 0 Å². The van der Waals surface area contributed by atoms with Crippen molar-refractivity contribution >= 4 is 16.7 Å². The topological polar surface area (TPSA) is 54.2 Å². The Morgan fingerprint density at radius 1 is 1.30 bits per heavy atom. The molecule has 5 nitrogen and oxygen atoms in total. The number of anilines is 1. The SMILES string of the molecule is Cn1ncc2c(N3C[C@@H](O)C[C@@H]3c3cccc(F)c3)ccnc21. The van der Waals surface area contributed by atoms with Gasteiger partial charge in [0.05, 0.1) is 29.4 Å². The summed E-state index contributed by atoms with van der Waals surface area (Å²) in [4.78, 5) is 6.47. The Morgan fingerprint density at radius 2 is 2.17 bits per heavy atom. The Hall–Kier alpha value is -2.47. The maximum absolute atomic E-state index is 13.6. The molecule has 0 bridgehead atoms. The molecule has 4 rings (SSSR count). The van der Waals surface area contributed by atoms with Crippen molar-refractivity contribution in [3.63, 3.8) is 0 Å². The molecular weight excluding hydrogens is 295 g/mol. The molecule has 1 saturated heterocycles. The number of halogens is 1. The molecule has 6 heteroatoms. The van der Waals surface area contributed by atoms with E-state index in [0.717, 1.165) is 22.3 Å². The molecule has 118 valence electrons. The maximum atomic E-state index is 13.6. The first kappa shape index (κ1) is 14.1. The monoisotopic (exact) mass is 312 g/mol. The number of nitrogens with zero attached hydrogens (tertiary/aromatic N) is 4. The normalized spacial score (nSPS) is 21.3. The standard InChI is InChI=1S/C17H17FN4O/c1-21-17-14(9-20-21)15(5-6-19-17)22-10-13(23)8-16(22)11-3-2-4-12(18)7-11/h2-7,9,13,16,23H,8,10H2,1H3/t13-,16+/m0/s1. The van der Waals surface area contributed by atoms with Crippen molar-refractivity contribution in [2.24, 2.45) is 7.05 Å². The lowest BCUT2D eigenvalue weighted by molar-refractivity contribution is 0.194. The number of aliphatic hydroxyl groups excluding tert-OH is 1. The number of aliphatic hydroxyl groups is 1. The number of β-amino-alcohol motifs (C(OH)–C–C–N with tert-alkyl or cyclic N) is 1. The van der Waals surface area contributed by atoms with Gasteiger partial charge in [-0.1, -0.05) is 12.1 Å². The fraction of sp³-hybridized carbons (Fsp3) is 0.294. The number of rotatable bonds is 2. The highest BCUT2D eigenvalue weighted by molar-refractivity contribution is 5.89. The van der Waals surface area contributed by atoms with Gasteiger partial charge in [-0.2, -0.15) is 5.10 Å². The van der Waals surface area contributed by atoms with Gasteiger partial charge in [-0.05, 0) is 30.2 Å². The van der Waals surface area contributed by atoms with E-state index in [0.29, 0.717) is 13.0 Å². The van der Waals surface area contributed by atoms with Crippen LogP contribution in [0.1, 0.15) is 18.0 Å². The summed E-state index contributed by atoms with van der Waals surface area (Å²) in [6.45, 7) is 0.509. The first-order valence-corrected chi connectivity index (χ1v) is 7.60. The number of aryl methyl sites for hydroxylation is 1. The molecule has 0 amide bonds. The second-order valence-electron chi connectivity index (χ2n) is 5.95. The van der Waals surface area contributed by atoms with Crippen LogP contribution in [-0.2, 0) is 7.05 Å². The van der Waals surface area contributed by atoms with E-state index in [1.54, 1.807) is 23.1 Å². The zero-order chi connectivity index (χ0) is 16.0. The minimum atomic E-state index is -0.442. The van der Waals surface area contributed by atoms with Gasteiger partial charge >= 0.3 is 0 Å². The smallest absolute Gasteiger partial charge is 0.159 e. The van der Waals surface area contributed by atoms with Crippen molar-refractivity contribution in [3.8, 4) is 0 Å². The van der Waals surface area contributed by atoms with Crippen LogP contribution >= 0.6 is 0 Å². The molecule has 3 heterocycles. The van der Waals surface area contributed by atoms with E-state index in [1.807, 2.05) is 19.2 Å². The summed E-state index contributed by atoms with van der Waals surface area (Å²) in [5.74, 6) is -0.259. The quantitative estimate of drug-likeness (QED) is 0.789. The van der Waals surface area contributed by atoms with Gasteiger partial charge in [-0.25, -0.2) is 9.37 Å². The van der Waals surface area contributed by atoms with Crippen LogP contribution in [0.15, 0.2) is 42.7 Å². The minimum absolute atomic E-state index is 0.0634. The molecule has 1 aliphatic heterocycles. The zero-order valence-electron chi connectivity index (χ0n) is 12.7. The highest BCUT2D eigenvalue weighted by Crippen LogP contribution is 2.39. The van der Waals surface area contributed by atoms with Crippen LogP contribution in [-0.4, -0.2) is 32.5 Å². The van der Waals surface area contributed by atoms with Crippen molar-refractivity contribution in [2.75, 3.05) is 11.4 Å². The summed E-state index contributed by atoms with van der Waals surface area (Å²) in [6.07, 6.45) is 3.66. The number of pyridine rings is 1. The molecule has 3 aromatic rings. The highest BCUT2D eigenvalue weighted by Gasteiger charge is 2.33. The highest BCUT2D eigenvalue weighted by atomic mass is 19.1. The lowest BCUT2D eigenvalue weighted by Gasteiger charge is -2.27. The molecule has 0 spiro atoms. The molecule has 1 aliphatic rings. The van der Waals surface area contributed by atoms with Crippen molar-refractivity contribution in [2.45, 2.75) is 18.6 Å². The number of hydrogen-bond donors (Lipinski definition) is 1. The van der Waals surface area contributed by atoms with Gasteiger partial charge in [-0.3, -0.25) is 4.68 Å². The molecule has 1 aromatic carbocycles. The summed E-state index contributed by atoms with van der Waals surface area (Å²) < 4.78 is 15.3. The number of hydrogen-bond acceptors (Lipinski definition) is 4. The fourth-order valence-corrected chi connectivity index (χ4v) is 3.39. The zero-order valence-corrected chi connectivity index (χ0v) is 12.7. The van der Waals surface area contributed by atoms with E-state index in [-0.39, 0.29) is 11.9 Å². The molecule has 0 saturated carbocycles. The van der Waals surface area contributed by atoms with Gasteiger partial charge in [0.15, 0.2) is 5.65 Å². The predicted octanol–water partition coefficient (Wildman–Crippen LogP) is 2.42. The molecule has 23 heavy (non-hydrogen) atoms. The third-order valence-electron chi connectivity index (χ3n) is 4.43. The Balaban J connectivity index is 1.82. The molecule has 2 aromatic heterocycles. The number of aromatic nitrogens is 3. The van der Waals surface area contributed by atoms with Crippen molar-refractivity contribution in [1.29, 1.82) is 0 Å². The predicted molar refractivity (Wildman–Crippen MR) is 85.6 cm³/mol. The molecule has 0 aliphatic carbocycles. The molecular formula is C17H17FN4O. The summed E-state index contributed by atoms with van der Waals surface area (Å²) in [7, 11) is 1.85. The van der Waals surface area contributed by atoms with Gasteiger partial charge in [0.1, 0.15) is 5.82 Å². The van der Waals surface area contributed by atoms with Gasteiger partial charge in [0.2, 0.25) is 0 Å². The average molecular weight is 312 g/mol. The molecule has 0 radical (unpaired) electrons. The Kier molecular flexibility index (Phi) is 3.27. The summed E-state index contributed by atoms with van der Waals surface area (Å²) >= 11 is 0. The Morgan fingerprint density at radius 3 is 3.00 bits per heavy atom. The summed E-state index contributed by atoms with van der Waals surface area (Å²) in [6, 6.07) is 8.45. The van der Waals surface area contributed by atoms with Crippen molar-refractivity contribution < 1.29 is 9.50 Å². The van der Waals surface area contributed by atoms with Crippen LogP contribution in [0.4, 0.5) is 10.1 Å². The van der Waals surface area contributed by atoms with Crippen molar-refractivity contribution in [3.05, 3.63) is 54.1 Å². The van der Waals surface area contributed by atoms with E-state index in [4.69, 9.17) is 0 Å². The molecule has 1 N–H and O–H groups in total. The first-order chi connectivity index (χ1) is 11.1. The second-order valence-corrected chi connectivity index (χ2v) is 5.95. The summed E-state index contributed by atoms with van der Waals surface area (Å²) in [5, 5.41) is 15.4. The second kappa shape index (κ2) is 5.31. The van der Waals surface area contributed by atoms with Gasteiger partial charge in [0, 0.05) is 19.8 Å². The van der Waals surface area contributed by atoms with Gasteiger partial charge in [-0.15, -0.1) is 0 Å². The van der Waals surface area contributed by atoms with Crippen LogP contribution in [0.25, 0.3) is 11.0 Å². The van der Waals surface area contributed by atoms with Crippen LogP contribution in [0, 0.1) is 5.82 Å². The summed E-state index contributed by atoms with van der Waals surface area (Å²) in [5.41, 5.74) is 2.63. The maximum Gasteiger partial charge on any atom is 0.159 e. The lowest BCUT2D eigenvalue weighted by Crippen LogP contribution is -2.24. The fourth-order valence-electron chi connectivity index (χ4n) is 3.39. The van der Waals surface area contributed by atoms with Gasteiger partial charge < -0.3 is 10.0 Å². The van der Waals surface area contributed by atoms with Crippen molar-refractivity contribution in [1.82, 2.24) is 14.8 Å². The Labute approximate surface area is 133 Å². The van der Waals surface area contributed by atoms with Crippen LogP contribution in [0.2, 0.25) is 0 Å². The van der Waals surface area contributed by atoms with E-state index in [1.165, 1.54) is 12.1 Å². The molecule has 0 unspecified atom stereocenters. The van der Waals surface area contributed by atoms with E-state index < -0.39 is 6.10 Å². The lowest BCUT2D eigenvalue weighted by atomic mass is 10.0. The van der Waals surface area contributed by atoms with Crippen LogP contribution < -0.4 is 4.90 Å². The van der Waals surface area contributed by atoms with Crippen LogP contribution in [0.5, 0.6) is 0 Å². The van der Waals surface area contributed by atoms with E-state index in [2.05, 4.69) is 15.0 Å². The Bertz CT molecular complexity index is 863. The molecule has 2 atom stereocenters. The average Bonchev–Trinajstić information content (AvgIpc) is 3.11. The largest absolute Gasteiger partial charge is 0.391 e. The molecule has 1 fully saturated rings. The first-order valence-electron chi connectivity index (χ1n) is 7.60. The van der Waals surface area contributed by atoms with Gasteiger partial charge in [0.25, 0.3) is 0 Å². The third kappa shape index (κ3) is 2.35. The van der Waals surface area contributed by atoms with E-state index in [9.17, 15) is 9.50 Å². The number of benzene rings is 1. The minimum Gasteiger partial charge on any atom is -0.391 e. The van der Waals surface area contributed by atoms with Crippen LogP contribution in [0.3, 0.4) is 0 Å². The third-order valence-corrected chi connectivity index (χ3v) is 4.43. The number of fused-ring (bicyclic) bond motifs is 1.